The monoisotopic (exact) mass is 499 g/mol. The predicted molar refractivity (Wildman–Crippen MR) is 144 cm³/mol. The second-order valence-electron chi connectivity index (χ2n) is 8.35. The number of anilines is 3. The summed E-state index contributed by atoms with van der Waals surface area (Å²) in [5, 5.41) is 19.6. The summed E-state index contributed by atoms with van der Waals surface area (Å²) in [5.74, 6) is 0.847. The summed E-state index contributed by atoms with van der Waals surface area (Å²) in [6.45, 7) is 0.458. The normalized spacial score (nSPS) is 16.7. The molecule has 0 aromatic heterocycles. The van der Waals surface area contributed by atoms with Crippen LogP contribution in [0.25, 0.3) is 0 Å². The topological polar surface area (TPSA) is 66.3 Å². The second-order valence-corrected chi connectivity index (χ2v) is 8.75. The predicted octanol–water partition coefficient (Wildman–Crippen LogP) is 7.01. The maximum atomic E-state index is 10.9. The molecule has 0 aliphatic carbocycles. The molecule has 6 nitrogen and oxygen atoms in total. The van der Waals surface area contributed by atoms with Gasteiger partial charge in [0, 0.05) is 23.5 Å². The summed E-state index contributed by atoms with van der Waals surface area (Å²) in [6.07, 6.45) is -0.556. The first-order valence-corrected chi connectivity index (χ1v) is 12.0. The van der Waals surface area contributed by atoms with Crippen molar-refractivity contribution in [3.05, 3.63) is 114 Å². The van der Waals surface area contributed by atoms with Crippen molar-refractivity contribution in [3.63, 3.8) is 0 Å². The molecule has 0 bridgehead atoms. The zero-order chi connectivity index (χ0) is 24.9. The second kappa shape index (κ2) is 10.6. The molecule has 0 spiro atoms. The van der Waals surface area contributed by atoms with Gasteiger partial charge in [-0.25, -0.2) is 0 Å². The Balaban J connectivity index is 1.57. The Hall–Kier alpha value is -4.16. The van der Waals surface area contributed by atoms with Crippen LogP contribution in [0.4, 0.5) is 17.1 Å². The molecular formula is C29H26ClN3O3. The van der Waals surface area contributed by atoms with Crippen molar-refractivity contribution in [1.82, 2.24) is 0 Å². The number of para-hydroxylation sites is 4. The van der Waals surface area contributed by atoms with Crippen LogP contribution in [0, 0.1) is 5.92 Å². The van der Waals surface area contributed by atoms with E-state index >= 15 is 0 Å². The highest BCUT2D eigenvalue weighted by Gasteiger charge is 2.41. The third-order valence-corrected chi connectivity index (χ3v) is 6.49. The molecule has 7 heteroatoms. The molecule has 0 saturated heterocycles. The van der Waals surface area contributed by atoms with E-state index in [2.05, 4.69) is 15.4 Å². The summed E-state index contributed by atoms with van der Waals surface area (Å²) in [5.41, 5.74) is 3.30. The highest BCUT2D eigenvalue weighted by Crippen LogP contribution is 2.44. The fourth-order valence-corrected chi connectivity index (χ4v) is 4.59. The quantitative estimate of drug-likeness (QED) is 0.286. The molecule has 2 N–H and O–H groups in total. The zero-order valence-electron chi connectivity index (χ0n) is 19.7. The van der Waals surface area contributed by atoms with Gasteiger partial charge in [-0.2, -0.15) is 0 Å². The van der Waals surface area contributed by atoms with Gasteiger partial charge in [0.15, 0.2) is 23.4 Å². The molecule has 0 fully saturated rings. The van der Waals surface area contributed by atoms with E-state index in [9.17, 15) is 5.11 Å². The number of oxime groups is 1. The van der Waals surface area contributed by atoms with Crippen LogP contribution in [0.15, 0.2) is 108 Å². The molecule has 1 aliphatic heterocycles. The maximum Gasteiger partial charge on any atom is 0.168 e. The van der Waals surface area contributed by atoms with Crippen LogP contribution in [0.1, 0.15) is 11.7 Å². The van der Waals surface area contributed by atoms with E-state index in [0.29, 0.717) is 28.7 Å². The van der Waals surface area contributed by atoms with Gasteiger partial charge in [0.25, 0.3) is 0 Å². The van der Waals surface area contributed by atoms with Crippen LogP contribution in [0.3, 0.4) is 0 Å². The fourth-order valence-electron chi connectivity index (χ4n) is 4.39. The number of aromatic hydroxyl groups is 1. The lowest BCUT2D eigenvalue weighted by Crippen LogP contribution is -2.36. The van der Waals surface area contributed by atoms with Crippen molar-refractivity contribution < 1.29 is 14.7 Å². The first kappa shape index (κ1) is 23.6. The number of benzene rings is 4. The smallest absolute Gasteiger partial charge is 0.168 e. The zero-order valence-corrected chi connectivity index (χ0v) is 20.5. The van der Waals surface area contributed by atoms with Crippen molar-refractivity contribution in [2.45, 2.75) is 6.10 Å². The number of hydrogen-bond donors (Lipinski definition) is 2. The molecule has 1 aliphatic rings. The van der Waals surface area contributed by atoms with E-state index in [1.54, 1.807) is 6.07 Å². The van der Waals surface area contributed by atoms with Crippen LogP contribution in [0.2, 0.25) is 5.02 Å². The summed E-state index contributed by atoms with van der Waals surface area (Å²) in [4.78, 5) is 8.12. The largest absolute Gasteiger partial charge is 0.504 e. The van der Waals surface area contributed by atoms with Gasteiger partial charge in [0.05, 0.1) is 23.7 Å². The first-order valence-electron chi connectivity index (χ1n) is 11.7. The summed E-state index contributed by atoms with van der Waals surface area (Å²) in [7, 11) is 1.53. The van der Waals surface area contributed by atoms with Gasteiger partial charge in [-0.3, -0.25) is 4.90 Å². The number of methoxy groups -OCH3 is 1. The molecule has 36 heavy (non-hydrogen) atoms. The Morgan fingerprint density at radius 3 is 2.17 bits per heavy atom. The molecular weight excluding hydrogens is 474 g/mol. The van der Waals surface area contributed by atoms with E-state index in [0.717, 1.165) is 17.1 Å². The molecule has 2 unspecified atom stereocenters. The molecule has 4 aromatic carbocycles. The minimum Gasteiger partial charge on any atom is -0.504 e. The summed E-state index contributed by atoms with van der Waals surface area (Å²) in [6, 6.07) is 33.0. The standard InChI is InChI=1S/C29H26ClN3O3/c1-35-26-18-10-15-22(27(26)34)28-23(19-31-25-17-9-8-16-24(25)30)29(32-36-28)33(20-11-4-2-5-12-20)21-13-6-3-7-14-21/h2-18,23,28,31,34H,19H2,1H3. The SMILES string of the molecule is COc1cccc(C2ON=C(N(c3ccccc3)c3ccccc3)C2CNc2ccccc2Cl)c1O. The Morgan fingerprint density at radius 1 is 0.889 bits per heavy atom. The number of rotatable bonds is 7. The number of amidine groups is 1. The van der Waals surface area contributed by atoms with Crippen molar-refractivity contribution >= 4 is 34.5 Å². The number of phenolic OH excluding ortho intramolecular Hbond substituents is 1. The van der Waals surface area contributed by atoms with Crippen LogP contribution < -0.4 is 15.0 Å². The van der Waals surface area contributed by atoms with Crippen molar-refractivity contribution in [1.29, 1.82) is 0 Å². The maximum absolute atomic E-state index is 10.9. The number of ether oxygens (including phenoxy) is 1. The van der Waals surface area contributed by atoms with Crippen molar-refractivity contribution in [2.24, 2.45) is 11.1 Å². The van der Waals surface area contributed by atoms with Crippen molar-refractivity contribution in [3.8, 4) is 11.5 Å². The lowest BCUT2D eigenvalue weighted by atomic mass is 9.92. The van der Waals surface area contributed by atoms with Crippen LogP contribution in [-0.4, -0.2) is 24.6 Å². The summed E-state index contributed by atoms with van der Waals surface area (Å²) >= 11 is 6.43. The third-order valence-electron chi connectivity index (χ3n) is 6.16. The van der Waals surface area contributed by atoms with Crippen LogP contribution >= 0.6 is 11.6 Å². The Kier molecular flexibility index (Phi) is 6.96. The average Bonchev–Trinajstić information content (AvgIpc) is 3.33. The number of hydrogen-bond acceptors (Lipinski definition) is 6. The third kappa shape index (κ3) is 4.68. The van der Waals surface area contributed by atoms with E-state index in [-0.39, 0.29) is 11.7 Å². The van der Waals surface area contributed by atoms with E-state index in [4.69, 9.17) is 21.2 Å². The number of nitrogens with zero attached hydrogens (tertiary/aromatic N) is 2. The number of phenols is 1. The Bertz CT molecular complexity index is 1310. The molecule has 2 atom stereocenters. The molecule has 1 heterocycles. The van der Waals surface area contributed by atoms with E-state index in [1.807, 2.05) is 97.1 Å². The van der Waals surface area contributed by atoms with E-state index in [1.165, 1.54) is 7.11 Å². The van der Waals surface area contributed by atoms with Gasteiger partial charge in [-0.15, -0.1) is 0 Å². The van der Waals surface area contributed by atoms with Crippen LogP contribution in [0.5, 0.6) is 11.5 Å². The molecule has 0 saturated carbocycles. The molecule has 0 amide bonds. The van der Waals surface area contributed by atoms with Gasteiger partial charge >= 0.3 is 0 Å². The van der Waals surface area contributed by atoms with Gasteiger partial charge in [0.1, 0.15) is 0 Å². The minimum absolute atomic E-state index is 0.0372. The molecule has 182 valence electrons. The van der Waals surface area contributed by atoms with Gasteiger partial charge in [0.2, 0.25) is 0 Å². The number of nitrogens with one attached hydrogen (secondary N) is 1. The lowest BCUT2D eigenvalue weighted by Gasteiger charge is -2.29. The van der Waals surface area contributed by atoms with E-state index < -0.39 is 6.10 Å². The average molecular weight is 500 g/mol. The van der Waals surface area contributed by atoms with Gasteiger partial charge < -0.3 is 20.0 Å². The molecule has 4 aromatic rings. The fraction of sp³-hybridized carbons (Fsp3) is 0.138. The minimum atomic E-state index is -0.556. The summed E-state index contributed by atoms with van der Waals surface area (Å²) < 4.78 is 5.35. The van der Waals surface area contributed by atoms with Crippen LogP contribution in [-0.2, 0) is 4.84 Å². The Morgan fingerprint density at radius 2 is 1.53 bits per heavy atom. The number of halogens is 1. The lowest BCUT2D eigenvalue weighted by molar-refractivity contribution is 0.0619. The first-order chi connectivity index (χ1) is 17.7. The van der Waals surface area contributed by atoms with Gasteiger partial charge in [-0.05, 0) is 42.5 Å². The molecule has 5 rings (SSSR count). The van der Waals surface area contributed by atoms with Crippen molar-refractivity contribution in [2.75, 3.05) is 23.9 Å². The van der Waals surface area contributed by atoms with Gasteiger partial charge in [-0.1, -0.05) is 77.4 Å². The Labute approximate surface area is 215 Å². The highest BCUT2D eigenvalue weighted by atomic mass is 35.5. The highest BCUT2D eigenvalue weighted by molar-refractivity contribution is 6.33. The molecule has 0 radical (unpaired) electrons.